The first-order chi connectivity index (χ1) is 11.6. The zero-order chi connectivity index (χ0) is 17.3. The molecule has 2 unspecified atom stereocenters. The molecule has 0 amide bonds. The molecule has 1 aromatic carbocycles. The van der Waals surface area contributed by atoms with E-state index in [1.807, 2.05) is 6.92 Å². The maximum atomic E-state index is 12.0. The summed E-state index contributed by atoms with van der Waals surface area (Å²) >= 11 is 0. The van der Waals surface area contributed by atoms with Crippen LogP contribution in [0.15, 0.2) is 18.2 Å². The second kappa shape index (κ2) is 6.57. The Morgan fingerprint density at radius 2 is 2.17 bits per heavy atom. The molecule has 0 fully saturated rings. The average molecular weight is 331 g/mol. The molecule has 0 aliphatic carbocycles. The SMILES string of the molecule is CCc1cccc2c3c([nH]c12)C(CC)(CC(=O)OC)OCC3OC. The van der Waals surface area contributed by atoms with Crippen LogP contribution in [0.5, 0.6) is 0 Å². The van der Waals surface area contributed by atoms with Crippen molar-refractivity contribution in [3.63, 3.8) is 0 Å². The number of hydrogen-bond donors (Lipinski definition) is 1. The lowest BCUT2D eigenvalue weighted by atomic mass is 9.85. The summed E-state index contributed by atoms with van der Waals surface area (Å²) < 4.78 is 16.7. The molecule has 5 nitrogen and oxygen atoms in total. The van der Waals surface area contributed by atoms with Gasteiger partial charge in [0, 0.05) is 23.6 Å². The Morgan fingerprint density at radius 3 is 2.79 bits per heavy atom. The van der Waals surface area contributed by atoms with Gasteiger partial charge in [0.15, 0.2) is 0 Å². The fraction of sp³-hybridized carbons (Fsp3) is 0.526. The van der Waals surface area contributed by atoms with Crippen LogP contribution in [-0.2, 0) is 31.0 Å². The maximum absolute atomic E-state index is 12.0. The van der Waals surface area contributed by atoms with Gasteiger partial charge >= 0.3 is 5.97 Å². The van der Waals surface area contributed by atoms with E-state index >= 15 is 0 Å². The van der Waals surface area contributed by atoms with E-state index in [9.17, 15) is 4.79 Å². The molecule has 130 valence electrons. The van der Waals surface area contributed by atoms with Gasteiger partial charge in [-0.05, 0) is 18.4 Å². The van der Waals surface area contributed by atoms with Gasteiger partial charge in [0.1, 0.15) is 11.7 Å². The third-order valence-electron chi connectivity index (χ3n) is 5.14. The topological polar surface area (TPSA) is 60.6 Å². The van der Waals surface area contributed by atoms with Crippen molar-refractivity contribution in [3.8, 4) is 0 Å². The number of nitrogens with one attached hydrogen (secondary N) is 1. The van der Waals surface area contributed by atoms with E-state index in [0.717, 1.165) is 28.6 Å². The van der Waals surface area contributed by atoms with E-state index in [-0.39, 0.29) is 18.5 Å². The van der Waals surface area contributed by atoms with Crippen LogP contribution in [0.2, 0.25) is 0 Å². The minimum Gasteiger partial charge on any atom is -0.469 e. The zero-order valence-corrected chi connectivity index (χ0v) is 14.8. The highest BCUT2D eigenvalue weighted by Gasteiger charge is 2.44. The third-order valence-corrected chi connectivity index (χ3v) is 5.14. The number of benzene rings is 1. The number of carbonyl (C=O) groups excluding carboxylic acids is 1. The van der Waals surface area contributed by atoms with Crippen LogP contribution in [0.3, 0.4) is 0 Å². The fourth-order valence-electron chi connectivity index (χ4n) is 3.71. The molecule has 0 bridgehead atoms. The van der Waals surface area contributed by atoms with Gasteiger partial charge < -0.3 is 19.2 Å². The molecule has 2 aromatic rings. The largest absolute Gasteiger partial charge is 0.469 e. The van der Waals surface area contributed by atoms with E-state index in [1.165, 1.54) is 12.7 Å². The second-order valence-corrected chi connectivity index (χ2v) is 6.24. The monoisotopic (exact) mass is 331 g/mol. The fourth-order valence-corrected chi connectivity index (χ4v) is 3.71. The van der Waals surface area contributed by atoms with E-state index in [4.69, 9.17) is 14.2 Å². The van der Waals surface area contributed by atoms with Gasteiger partial charge in [0.25, 0.3) is 0 Å². The van der Waals surface area contributed by atoms with Crippen LogP contribution in [0.4, 0.5) is 0 Å². The van der Waals surface area contributed by atoms with Gasteiger partial charge in [-0.15, -0.1) is 0 Å². The smallest absolute Gasteiger partial charge is 0.308 e. The quantitative estimate of drug-likeness (QED) is 0.850. The summed E-state index contributed by atoms with van der Waals surface area (Å²) in [6.07, 6.45) is 1.67. The average Bonchev–Trinajstić information content (AvgIpc) is 3.02. The molecule has 5 heteroatoms. The van der Waals surface area contributed by atoms with Crippen molar-refractivity contribution in [1.82, 2.24) is 4.98 Å². The highest BCUT2D eigenvalue weighted by molar-refractivity contribution is 5.88. The molecule has 24 heavy (non-hydrogen) atoms. The van der Waals surface area contributed by atoms with Gasteiger partial charge in [0.2, 0.25) is 0 Å². The first kappa shape index (κ1) is 17.0. The summed E-state index contributed by atoms with van der Waals surface area (Å²) in [5, 5.41) is 1.15. The Hall–Kier alpha value is -1.85. The minimum absolute atomic E-state index is 0.141. The molecular weight excluding hydrogens is 306 g/mol. The van der Waals surface area contributed by atoms with E-state index in [2.05, 4.69) is 30.1 Å². The molecule has 1 aliphatic heterocycles. The molecular formula is C19H25NO4. The zero-order valence-electron chi connectivity index (χ0n) is 14.8. The number of fused-ring (bicyclic) bond motifs is 3. The number of aromatic nitrogens is 1. The number of rotatable bonds is 5. The number of hydrogen-bond acceptors (Lipinski definition) is 4. The lowest BCUT2D eigenvalue weighted by Gasteiger charge is -2.38. The Bertz CT molecular complexity index is 751. The molecule has 2 atom stereocenters. The van der Waals surface area contributed by atoms with Crippen LogP contribution in [0.1, 0.15) is 49.6 Å². The molecule has 0 spiro atoms. The maximum Gasteiger partial charge on any atom is 0.308 e. The molecule has 0 saturated heterocycles. The predicted molar refractivity (Wildman–Crippen MR) is 92.0 cm³/mol. The highest BCUT2D eigenvalue weighted by Crippen LogP contribution is 2.46. The van der Waals surface area contributed by atoms with Crippen molar-refractivity contribution in [3.05, 3.63) is 35.0 Å². The molecule has 1 aliphatic rings. The van der Waals surface area contributed by atoms with Crippen LogP contribution >= 0.6 is 0 Å². The molecule has 0 saturated carbocycles. The van der Waals surface area contributed by atoms with Gasteiger partial charge in [-0.1, -0.05) is 32.0 Å². The number of carbonyl (C=O) groups is 1. The van der Waals surface area contributed by atoms with Crippen LogP contribution in [0.25, 0.3) is 10.9 Å². The summed E-state index contributed by atoms with van der Waals surface area (Å²) in [6, 6.07) is 6.31. The lowest BCUT2D eigenvalue weighted by molar-refractivity contribution is -0.159. The molecule has 1 N–H and O–H groups in total. The van der Waals surface area contributed by atoms with Crippen molar-refractivity contribution in [2.24, 2.45) is 0 Å². The van der Waals surface area contributed by atoms with Crippen LogP contribution in [0, 0.1) is 0 Å². The van der Waals surface area contributed by atoms with Crippen LogP contribution < -0.4 is 0 Å². The molecule has 0 radical (unpaired) electrons. The third kappa shape index (κ3) is 2.52. The van der Waals surface area contributed by atoms with E-state index in [0.29, 0.717) is 13.0 Å². The summed E-state index contributed by atoms with van der Waals surface area (Å²) in [7, 11) is 3.10. The number of aromatic amines is 1. The standard InChI is InChI=1S/C19H25NO4/c1-5-12-8-7-9-13-16-14(22-3)11-24-19(6-2,10-15(21)23-4)18(16)20-17(12)13/h7-9,14,20H,5-6,10-11H2,1-4H3. The summed E-state index contributed by atoms with van der Waals surface area (Å²) in [4.78, 5) is 15.6. The number of H-pyrrole nitrogens is 1. The van der Waals surface area contributed by atoms with Crippen molar-refractivity contribution >= 4 is 16.9 Å². The van der Waals surface area contributed by atoms with Crippen molar-refractivity contribution in [2.75, 3.05) is 20.8 Å². The first-order valence-electron chi connectivity index (χ1n) is 8.47. The Labute approximate surface area is 142 Å². The van der Waals surface area contributed by atoms with Crippen molar-refractivity contribution in [2.45, 2.75) is 44.8 Å². The number of esters is 1. The van der Waals surface area contributed by atoms with Crippen molar-refractivity contribution in [1.29, 1.82) is 0 Å². The molecule has 2 heterocycles. The lowest BCUT2D eigenvalue weighted by Crippen LogP contribution is -2.39. The molecule has 1 aromatic heterocycles. The van der Waals surface area contributed by atoms with Crippen LogP contribution in [-0.4, -0.2) is 31.8 Å². The Kier molecular flexibility index (Phi) is 4.65. The Morgan fingerprint density at radius 1 is 1.38 bits per heavy atom. The number of aryl methyl sites for hydroxylation is 1. The highest BCUT2D eigenvalue weighted by atomic mass is 16.6. The number of methoxy groups -OCH3 is 2. The normalized spacial score (nSPS) is 23.2. The first-order valence-corrected chi connectivity index (χ1v) is 8.47. The van der Waals surface area contributed by atoms with Gasteiger partial charge in [-0.2, -0.15) is 0 Å². The summed E-state index contributed by atoms with van der Waals surface area (Å²) in [5.74, 6) is -0.270. The number of para-hydroxylation sites is 1. The van der Waals surface area contributed by atoms with E-state index < -0.39 is 5.60 Å². The predicted octanol–water partition coefficient (Wildman–Crippen LogP) is 3.62. The molecule has 3 rings (SSSR count). The second-order valence-electron chi connectivity index (χ2n) is 6.24. The van der Waals surface area contributed by atoms with Gasteiger partial charge in [-0.3, -0.25) is 4.79 Å². The Balaban J connectivity index is 2.24. The number of ether oxygens (including phenoxy) is 3. The van der Waals surface area contributed by atoms with E-state index in [1.54, 1.807) is 7.11 Å². The van der Waals surface area contributed by atoms with Crippen molar-refractivity contribution < 1.29 is 19.0 Å². The van der Waals surface area contributed by atoms with Gasteiger partial charge in [-0.25, -0.2) is 0 Å². The minimum atomic E-state index is -0.693. The summed E-state index contributed by atoms with van der Waals surface area (Å²) in [6.45, 7) is 4.60. The summed E-state index contributed by atoms with van der Waals surface area (Å²) in [5.41, 5.74) is 3.73. The van der Waals surface area contributed by atoms with Gasteiger partial charge in [0.05, 0.1) is 25.8 Å².